The fraction of sp³-hybridized carbons (Fsp3) is 0.900. The average Bonchev–Trinajstić information content (AvgIpc) is 2.11. The van der Waals surface area contributed by atoms with Crippen molar-refractivity contribution in [3.05, 3.63) is 0 Å². The molecule has 1 saturated heterocycles. The molecule has 2 heteroatoms. The van der Waals surface area contributed by atoms with Gasteiger partial charge in [-0.1, -0.05) is 32.1 Å². The Kier molecular flexibility index (Phi) is 4.81. The fourth-order valence-corrected chi connectivity index (χ4v) is 1.55. The van der Waals surface area contributed by atoms with Crippen LogP contribution in [-0.4, -0.2) is 12.5 Å². The summed E-state index contributed by atoms with van der Waals surface area (Å²) in [6, 6.07) is 0. The van der Waals surface area contributed by atoms with E-state index in [1.165, 1.54) is 32.1 Å². The highest BCUT2D eigenvalue weighted by atomic mass is 16.1. The van der Waals surface area contributed by atoms with E-state index in [-0.39, 0.29) is 5.91 Å². The molecule has 2 nitrogen and oxygen atoms in total. The number of amides is 1. The van der Waals surface area contributed by atoms with Gasteiger partial charge in [0, 0.05) is 13.0 Å². The highest BCUT2D eigenvalue weighted by Gasteiger charge is 2.03. The van der Waals surface area contributed by atoms with Gasteiger partial charge in [0.15, 0.2) is 0 Å². The van der Waals surface area contributed by atoms with Crippen LogP contribution in [0.3, 0.4) is 0 Å². The molecule has 1 fully saturated rings. The van der Waals surface area contributed by atoms with E-state index >= 15 is 0 Å². The third-order valence-electron chi connectivity index (χ3n) is 2.34. The molecule has 0 aromatic rings. The zero-order valence-corrected chi connectivity index (χ0v) is 7.72. The molecule has 1 aliphatic rings. The second-order valence-electron chi connectivity index (χ2n) is 3.50. The van der Waals surface area contributed by atoms with Crippen LogP contribution in [0, 0.1) is 0 Å². The topological polar surface area (TPSA) is 31.2 Å². The Labute approximate surface area is 74.7 Å². The number of carbonyl (C=O) groups is 1. The Balaban J connectivity index is 2.17. The summed E-state index contributed by atoms with van der Waals surface area (Å²) >= 11 is 0. The monoisotopic (exact) mass is 168 g/mol. The molecule has 0 atom stereocenters. The zero-order valence-electron chi connectivity index (χ0n) is 7.72. The Bertz CT molecular complexity index is 120. The molecule has 0 spiro atoms. The van der Waals surface area contributed by atoms with Crippen molar-refractivity contribution in [1.82, 2.24) is 5.32 Å². The second-order valence-corrected chi connectivity index (χ2v) is 3.50. The molecule has 1 amide bonds. The zero-order chi connectivity index (χ0) is 8.65. The quantitative estimate of drug-likeness (QED) is 0.545. The fourth-order valence-electron chi connectivity index (χ4n) is 1.55. The highest BCUT2D eigenvalue weighted by Crippen LogP contribution is 2.09. The van der Waals surface area contributed by atoms with Crippen molar-refractivity contribution in [2.24, 2.45) is 0 Å². The molecular formula is C10H18NO. The van der Waals surface area contributed by atoms with Crippen LogP contribution in [0.1, 0.15) is 51.4 Å². The number of nitrogens with zero attached hydrogens (tertiary/aromatic N) is 1. The van der Waals surface area contributed by atoms with Gasteiger partial charge in [0.05, 0.1) is 0 Å². The van der Waals surface area contributed by atoms with E-state index in [1.54, 1.807) is 0 Å². The van der Waals surface area contributed by atoms with Crippen molar-refractivity contribution in [2.75, 3.05) is 6.54 Å². The lowest BCUT2D eigenvalue weighted by Gasteiger charge is -1.98. The van der Waals surface area contributed by atoms with Gasteiger partial charge in [-0.3, -0.25) is 10.1 Å². The number of hydrogen-bond acceptors (Lipinski definition) is 1. The minimum absolute atomic E-state index is 0.122. The van der Waals surface area contributed by atoms with Crippen molar-refractivity contribution in [3.8, 4) is 0 Å². The second kappa shape index (κ2) is 6.04. The minimum atomic E-state index is 0.122. The Morgan fingerprint density at radius 2 is 1.42 bits per heavy atom. The van der Waals surface area contributed by atoms with Gasteiger partial charge in [-0.15, -0.1) is 0 Å². The predicted molar refractivity (Wildman–Crippen MR) is 48.9 cm³/mol. The van der Waals surface area contributed by atoms with Crippen molar-refractivity contribution in [1.29, 1.82) is 0 Å². The summed E-state index contributed by atoms with van der Waals surface area (Å²) < 4.78 is 0. The molecule has 0 aliphatic carbocycles. The number of hydrogen-bond donors (Lipinski definition) is 0. The van der Waals surface area contributed by atoms with Gasteiger partial charge in [0.2, 0.25) is 5.91 Å². The molecule has 1 aliphatic heterocycles. The SMILES string of the molecule is O=C1CCCCCCCCC[N]1. The summed E-state index contributed by atoms with van der Waals surface area (Å²) in [5.74, 6) is 0.122. The van der Waals surface area contributed by atoms with Crippen molar-refractivity contribution in [3.63, 3.8) is 0 Å². The van der Waals surface area contributed by atoms with Gasteiger partial charge in [-0.25, -0.2) is 0 Å². The molecule has 12 heavy (non-hydrogen) atoms. The van der Waals surface area contributed by atoms with Gasteiger partial charge >= 0.3 is 0 Å². The van der Waals surface area contributed by atoms with E-state index in [0.29, 0.717) is 6.42 Å². The van der Waals surface area contributed by atoms with Crippen LogP contribution in [-0.2, 0) is 4.79 Å². The van der Waals surface area contributed by atoms with E-state index < -0.39 is 0 Å². The van der Waals surface area contributed by atoms with Crippen LogP contribution in [0.25, 0.3) is 0 Å². The lowest BCUT2D eigenvalue weighted by Crippen LogP contribution is -2.15. The molecule has 0 bridgehead atoms. The summed E-state index contributed by atoms with van der Waals surface area (Å²) in [6.07, 6.45) is 9.25. The van der Waals surface area contributed by atoms with Crippen molar-refractivity contribution >= 4 is 5.91 Å². The largest absolute Gasteiger partial charge is 0.273 e. The molecule has 1 radical (unpaired) electrons. The smallest absolute Gasteiger partial charge is 0.241 e. The predicted octanol–water partition coefficient (Wildman–Crippen LogP) is 2.25. The first-order chi connectivity index (χ1) is 5.89. The highest BCUT2D eigenvalue weighted by molar-refractivity contribution is 5.75. The van der Waals surface area contributed by atoms with Crippen LogP contribution in [0.2, 0.25) is 0 Å². The summed E-state index contributed by atoms with van der Waals surface area (Å²) in [5, 5.41) is 3.99. The van der Waals surface area contributed by atoms with E-state index in [1.807, 2.05) is 0 Å². The summed E-state index contributed by atoms with van der Waals surface area (Å²) in [5.41, 5.74) is 0. The molecule has 0 aromatic carbocycles. The summed E-state index contributed by atoms with van der Waals surface area (Å²) in [6.45, 7) is 0.763. The van der Waals surface area contributed by atoms with E-state index in [2.05, 4.69) is 5.32 Å². The van der Waals surface area contributed by atoms with Gasteiger partial charge in [-0.2, -0.15) is 0 Å². The molecular weight excluding hydrogens is 150 g/mol. The first-order valence-electron chi connectivity index (χ1n) is 5.10. The lowest BCUT2D eigenvalue weighted by molar-refractivity contribution is -0.121. The maximum Gasteiger partial charge on any atom is 0.241 e. The Morgan fingerprint density at radius 3 is 2.17 bits per heavy atom. The van der Waals surface area contributed by atoms with Gasteiger partial charge < -0.3 is 0 Å². The standard InChI is InChI=1S/C10H18NO/c12-10-8-6-4-2-1-3-5-7-9-11-10/h1-9H2. The first-order valence-corrected chi connectivity index (χ1v) is 5.10. The molecule has 0 aromatic heterocycles. The van der Waals surface area contributed by atoms with Crippen molar-refractivity contribution < 1.29 is 4.79 Å². The average molecular weight is 168 g/mol. The summed E-state index contributed by atoms with van der Waals surface area (Å²) in [4.78, 5) is 11.0. The molecule has 69 valence electrons. The van der Waals surface area contributed by atoms with Crippen LogP contribution in [0.4, 0.5) is 0 Å². The van der Waals surface area contributed by atoms with Crippen LogP contribution < -0.4 is 5.32 Å². The molecule has 0 unspecified atom stereocenters. The maximum absolute atomic E-state index is 11.0. The van der Waals surface area contributed by atoms with Crippen LogP contribution in [0.5, 0.6) is 0 Å². The molecule has 0 N–H and O–H groups in total. The molecule has 1 heterocycles. The maximum atomic E-state index is 11.0. The van der Waals surface area contributed by atoms with Gasteiger partial charge in [0.1, 0.15) is 0 Å². The lowest BCUT2D eigenvalue weighted by atomic mass is 10.1. The Morgan fingerprint density at radius 1 is 0.833 bits per heavy atom. The minimum Gasteiger partial charge on any atom is -0.273 e. The summed E-state index contributed by atoms with van der Waals surface area (Å²) in [7, 11) is 0. The number of carbonyl (C=O) groups excluding carboxylic acids is 1. The third-order valence-corrected chi connectivity index (χ3v) is 2.34. The van der Waals surface area contributed by atoms with Crippen LogP contribution >= 0.6 is 0 Å². The van der Waals surface area contributed by atoms with Crippen molar-refractivity contribution in [2.45, 2.75) is 51.4 Å². The van der Waals surface area contributed by atoms with Gasteiger partial charge in [-0.05, 0) is 12.8 Å². The molecule has 0 saturated carbocycles. The third kappa shape index (κ3) is 4.37. The van der Waals surface area contributed by atoms with E-state index in [4.69, 9.17) is 0 Å². The molecule has 1 rings (SSSR count). The van der Waals surface area contributed by atoms with Gasteiger partial charge in [0.25, 0.3) is 0 Å². The first kappa shape index (κ1) is 9.56. The Hall–Kier alpha value is -0.530. The number of rotatable bonds is 0. The van der Waals surface area contributed by atoms with E-state index in [9.17, 15) is 4.79 Å². The van der Waals surface area contributed by atoms with Crippen LogP contribution in [0.15, 0.2) is 0 Å². The van der Waals surface area contributed by atoms with E-state index in [0.717, 1.165) is 19.4 Å². The normalized spacial score (nSPS) is 22.5.